The Kier molecular flexibility index (Phi) is 3.23. The van der Waals surface area contributed by atoms with Gasteiger partial charge in [-0.1, -0.05) is 30.3 Å². The number of nitrogens with one attached hydrogen (secondary N) is 1. The number of fused-ring (bicyclic) bond motifs is 1. The second-order valence-corrected chi connectivity index (χ2v) is 5.40. The van der Waals surface area contributed by atoms with E-state index in [0.717, 1.165) is 25.1 Å². The first-order valence-corrected chi connectivity index (χ1v) is 6.82. The van der Waals surface area contributed by atoms with Gasteiger partial charge in [-0.15, -0.1) is 0 Å². The highest BCUT2D eigenvalue weighted by atomic mass is 16.4. The quantitative estimate of drug-likeness (QED) is 0.869. The minimum Gasteiger partial charge on any atom is -0.481 e. The van der Waals surface area contributed by atoms with Crippen molar-refractivity contribution in [2.45, 2.75) is 37.8 Å². The van der Waals surface area contributed by atoms with Gasteiger partial charge in [-0.3, -0.25) is 9.79 Å². The maximum atomic E-state index is 11.1. The summed E-state index contributed by atoms with van der Waals surface area (Å²) < 4.78 is 0. The molecule has 4 heteroatoms. The predicted molar refractivity (Wildman–Crippen MR) is 73.3 cm³/mol. The topological polar surface area (TPSA) is 61.7 Å². The van der Waals surface area contributed by atoms with Crippen LogP contribution in [0.15, 0.2) is 35.3 Å². The maximum Gasteiger partial charge on any atom is 0.306 e. The van der Waals surface area contributed by atoms with Gasteiger partial charge in [0, 0.05) is 6.42 Å². The Labute approximate surface area is 112 Å². The van der Waals surface area contributed by atoms with Gasteiger partial charge in [0.15, 0.2) is 0 Å². The van der Waals surface area contributed by atoms with E-state index in [9.17, 15) is 4.79 Å². The number of carboxylic acid groups (broad SMARTS) is 1. The molecule has 0 amide bonds. The van der Waals surface area contributed by atoms with Gasteiger partial charge < -0.3 is 10.4 Å². The smallest absolute Gasteiger partial charge is 0.306 e. The number of aliphatic imine (C=N–C) groups is 1. The van der Waals surface area contributed by atoms with Crippen LogP contribution in [-0.2, 0) is 11.2 Å². The summed E-state index contributed by atoms with van der Waals surface area (Å²) in [6.07, 6.45) is 3.14. The van der Waals surface area contributed by atoms with Crippen LogP contribution in [-0.4, -0.2) is 29.0 Å². The molecule has 1 heterocycles. The number of carbonyl (C=O) groups is 1. The summed E-state index contributed by atoms with van der Waals surface area (Å²) in [5.74, 6) is 0.129. The highest BCUT2D eigenvalue weighted by Crippen LogP contribution is 2.29. The molecule has 3 atom stereocenters. The van der Waals surface area contributed by atoms with Gasteiger partial charge in [0.25, 0.3) is 0 Å². The summed E-state index contributed by atoms with van der Waals surface area (Å²) in [5.41, 5.74) is 1.24. The molecule has 1 saturated carbocycles. The van der Waals surface area contributed by atoms with E-state index in [4.69, 9.17) is 10.1 Å². The van der Waals surface area contributed by atoms with Crippen LogP contribution in [0.3, 0.4) is 0 Å². The maximum absolute atomic E-state index is 11.1. The first kappa shape index (κ1) is 12.2. The molecule has 2 N–H and O–H groups in total. The molecule has 1 aromatic rings. The molecule has 100 valence electrons. The van der Waals surface area contributed by atoms with Gasteiger partial charge in [0.1, 0.15) is 5.84 Å². The fourth-order valence-corrected chi connectivity index (χ4v) is 3.03. The van der Waals surface area contributed by atoms with Crippen LogP contribution in [0.1, 0.15) is 24.8 Å². The van der Waals surface area contributed by atoms with Gasteiger partial charge >= 0.3 is 5.97 Å². The molecule has 1 fully saturated rings. The SMILES string of the molecule is O=C(O)C1CCC2N=C(Cc3ccccc3)NC2C1. The van der Waals surface area contributed by atoms with Gasteiger partial charge in [-0.05, 0) is 24.8 Å². The molecule has 0 spiro atoms. The lowest BCUT2D eigenvalue weighted by molar-refractivity contribution is -0.143. The van der Waals surface area contributed by atoms with Crippen molar-refractivity contribution < 1.29 is 9.90 Å². The first-order valence-electron chi connectivity index (χ1n) is 6.82. The summed E-state index contributed by atoms with van der Waals surface area (Å²) >= 11 is 0. The lowest BCUT2D eigenvalue weighted by Gasteiger charge is -2.28. The van der Waals surface area contributed by atoms with Crippen molar-refractivity contribution in [1.82, 2.24) is 5.32 Å². The number of hydrogen-bond donors (Lipinski definition) is 2. The fourth-order valence-electron chi connectivity index (χ4n) is 3.03. The molecule has 0 aromatic heterocycles. The number of rotatable bonds is 3. The number of nitrogens with zero attached hydrogens (tertiary/aromatic N) is 1. The van der Waals surface area contributed by atoms with Gasteiger partial charge in [-0.25, -0.2) is 0 Å². The second-order valence-electron chi connectivity index (χ2n) is 5.40. The standard InChI is InChI=1S/C15H18N2O2/c18-15(19)11-6-7-12-13(9-11)17-14(16-12)8-10-4-2-1-3-5-10/h1-5,11-13H,6-9H2,(H,16,17)(H,18,19). The van der Waals surface area contributed by atoms with Crippen molar-refractivity contribution in [1.29, 1.82) is 0 Å². The van der Waals surface area contributed by atoms with Crippen LogP contribution >= 0.6 is 0 Å². The van der Waals surface area contributed by atoms with E-state index >= 15 is 0 Å². The zero-order valence-corrected chi connectivity index (χ0v) is 10.7. The van der Waals surface area contributed by atoms with Gasteiger partial charge in [0.05, 0.1) is 18.0 Å². The first-order chi connectivity index (χ1) is 9.22. The highest BCUT2D eigenvalue weighted by molar-refractivity contribution is 5.86. The van der Waals surface area contributed by atoms with E-state index in [1.165, 1.54) is 5.56 Å². The van der Waals surface area contributed by atoms with E-state index in [0.29, 0.717) is 6.42 Å². The van der Waals surface area contributed by atoms with E-state index in [1.807, 2.05) is 18.2 Å². The molecule has 1 aliphatic carbocycles. The molecule has 1 aliphatic heterocycles. The van der Waals surface area contributed by atoms with E-state index in [2.05, 4.69) is 17.4 Å². The third kappa shape index (κ3) is 2.62. The molecule has 0 saturated heterocycles. The third-order valence-corrected chi connectivity index (χ3v) is 4.05. The second kappa shape index (κ2) is 5.03. The molecule has 19 heavy (non-hydrogen) atoms. The lowest BCUT2D eigenvalue weighted by atomic mass is 9.83. The highest BCUT2D eigenvalue weighted by Gasteiger charge is 2.37. The molecule has 2 aliphatic rings. The van der Waals surface area contributed by atoms with Crippen molar-refractivity contribution in [2.75, 3.05) is 0 Å². The molecule has 0 bridgehead atoms. The Morgan fingerprint density at radius 2 is 2.11 bits per heavy atom. The zero-order chi connectivity index (χ0) is 13.2. The van der Waals surface area contributed by atoms with Crippen LogP contribution in [0.5, 0.6) is 0 Å². The number of aliphatic carboxylic acids is 1. The molecule has 4 nitrogen and oxygen atoms in total. The Bertz CT molecular complexity index is 498. The molecule has 1 aromatic carbocycles. The fraction of sp³-hybridized carbons (Fsp3) is 0.467. The van der Waals surface area contributed by atoms with Crippen molar-refractivity contribution in [3.8, 4) is 0 Å². The Hall–Kier alpha value is -1.84. The molecule has 3 unspecified atom stereocenters. The van der Waals surface area contributed by atoms with Crippen molar-refractivity contribution in [3.05, 3.63) is 35.9 Å². The summed E-state index contributed by atoms with van der Waals surface area (Å²) in [6.45, 7) is 0. The number of hydrogen-bond acceptors (Lipinski definition) is 3. The van der Waals surface area contributed by atoms with Crippen LogP contribution in [0.2, 0.25) is 0 Å². The number of benzene rings is 1. The zero-order valence-electron chi connectivity index (χ0n) is 10.7. The van der Waals surface area contributed by atoms with Crippen molar-refractivity contribution >= 4 is 11.8 Å². The summed E-state index contributed by atoms with van der Waals surface area (Å²) in [6, 6.07) is 10.7. The van der Waals surface area contributed by atoms with Crippen LogP contribution in [0.25, 0.3) is 0 Å². The minimum atomic E-state index is -0.670. The lowest BCUT2D eigenvalue weighted by Crippen LogP contribution is -2.41. The van der Waals surface area contributed by atoms with Crippen LogP contribution in [0.4, 0.5) is 0 Å². The minimum absolute atomic E-state index is 0.208. The van der Waals surface area contributed by atoms with E-state index < -0.39 is 5.97 Å². The number of amidine groups is 1. The van der Waals surface area contributed by atoms with Crippen LogP contribution < -0.4 is 5.32 Å². The van der Waals surface area contributed by atoms with E-state index in [-0.39, 0.29) is 18.0 Å². The average molecular weight is 258 g/mol. The molecular weight excluding hydrogens is 240 g/mol. The van der Waals surface area contributed by atoms with Gasteiger partial charge in [-0.2, -0.15) is 0 Å². The third-order valence-electron chi connectivity index (χ3n) is 4.05. The van der Waals surface area contributed by atoms with Gasteiger partial charge in [0.2, 0.25) is 0 Å². The Morgan fingerprint density at radius 1 is 1.32 bits per heavy atom. The van der Waals surface area contributed by atoms with Crippen LogP contribution in [0, 0.1) is 5.92 Å². The number of carboxylic acids is 1. The Balaban J connectivity index is 1.64. The monoisotopic (exact) mass is 258 g/mol. The summed E-state index contributed by atoms with van der Waals surface area (Å²) in [7, 11) is 0. The normalized spacial score (nSPS) is 29.3. The summed E-state index contributed by atoms with van der Waals surface area (Å²) in [5, 5.41) is 12.5. The average Bonchev–Trinajstić information content (AvgIpc) is 2.80. The van der Waals surface area contributed by atoms with Crippen molar-refractivity contribution in [3.63, 3.8) is 0 Å². The van der Waals surface area contributed by atoms with E-state index in [1.54, 1.807) is 0 Å². The Morgan fingerprint density at radius 3 is 2.84 bits per heavy atom. The molecular formula is C15H18N2O2. The predicted octanol–water partition coefficient (Wildman–Crippen LogP) is 1.85. The summed E-state index contributed by atoms with van der Waals surface area (Å²) in [4.78, 5) is 15.8. The van der Waals surface area contributed by atoms with Crippen molar-refractivity contribution in [2.24, 2.45) is 10.9 Å². The largest absolute Gasteiger partial charge is 0.481 e. The molecule has 0 radical (unpaired) electrons. The molecule has 3 rings (SSSR count).